The van der Waals surface area contributed by atoms with E-state index < -0.39 is 10.0 Å². The van der Waals surface area contributed by atoms with Crippen LogP contribution in [0.25, 0.3) is 0 Å². The van der Waals surface area contributed by atoms with Gasteiger partial charge in [0.05, 0.1) is 24.5 Å². The number of carbonyl (C=O) groups excluding carboxylic acids is 1. The van der Waals surface area contributed by atoms with E-state index in [-0.39, 0.29) is 24.1 Å². The molecule has 0 saturated carbocycles. The number of nitrogens with zero attached hydrogens (tertiary/aromatic N) is 1. The molecule has 0 spiro atoms. The van der Waals surface area contributed by atoms with E-state index in [0.29, 0.717) is 17.7 Å². The third kappa shape index (κ3) is 5.57. The molecule has 4 rings (SSSR count). The first-order valence-corrected chi connectivity index (χ1v) is 14.2. The Labute approximate surface area is 214 Å². The van der Waals surface area contributed by atoms with Crippen molar-refractivity contribution in [3.63, 3.8) is 0 Å². The second kappa shape index (κ2) is 10.3. The van der Waals surface area contributed by atoms with E-state index in [2.05, 4.69) is 19.2 Å². The predicted octanol–water partition coefficient (Wildman–Crippen LogP) is 5.77. The van der Waals surface area contributed by atoms with Gasteiger partial charge >= 0.3 is 0 Å². The highest BCUT2D eigenvalue weighted by Gasteiger charge is 2.39. The number of sulfonamides is 1. The van der Waals surface area contributed by atoms with Crippen molar-refractivity contribution in [2.24, 2.45) is 0 Å². The molecular formula is C29H34N2O4S. The molecule has 0 unspecified atom stereocenters. The summed E-state index contributed by atoms with van der Waals surface area (Å²) in [5.41, 5.74) is 3.65. The standard InChI is InChI=1S/C29H34N2O4S/c1-5-29(6-2)19-26(25-9-7-8-10-27(25)35-29)30-28(32)23-15-17-24(18-16-23)31(36(4,33)34)20-22-13-11-21(3)12-14-22/h7-18,26H,5-6,19-20H2,1-4H3,(H,30,32)/t26-/m1/s1. The third-order valence-corrected chi connectivity index (χ3v) is 8.20. The molecule has 36 heavy (non-hydrogen) atoms. The largest absolute Gasteiger partial charge is 0.487 e. The topological polar surface area (TPSA) is 75.7 Å². The van der Waals surface area contributed by atoms with Gasteiger partial charge in [0.2, 0.25) is 10.0 Å². The maximum absolute atomic E-state index is 13.2. The van der Waals surface area contributed by atoms with Gasteiger partial charge in [0.1, 0.15) is 11.4 Å². The fraction of sp³-hybridized carbons (Fsp3) is 0.345. The Morgan fingerprint density at radius 1 is 1.00 bits per heavy atom. The van der Waals surface area contributed by atoms with E-state index in [1.165, 1.54) is 10.6 Å². The van der Waals surface area contributed by atoms with Crippen molar-refractivity contribution in [3.05, 3.63) is 95.1 Å². The predicted molar refractivity (Wildman–Crippen MR) is 144 cm³/mol. The van der Waals surface area contributed by atoms with Crippen molar-refractivity contribution in [1.82, 2.24) is 5.32 Å². The molecule has 0 aliphatic carbocycles. The van der Waals surface area contributed by atoms with Crippen LogP contribution in [0.4, 0.5) is 5.69 Å². The minimum atomic E-state index is -3.52. The van der Waals surface area contributed by atoms with Crippen LogP contribution in [0.3, 0.4) is 0 Å². The van der Waals surface area contributed by atoms with Crippen molar-refractivity contribution in [1.29, 1.82) is 0 Å². The Morgan fingerprint density at radius 3 is 2.25 bits per heavy atom. The van der Waals surface area contributed by atoms with E-state index in [4.69, 9.17) is 4.74 Å². The molecule has 0 saturated heterocycles. The molecule has 1 atom stereocenters. The van der Waals surface area contributed by atoms with Crippen molar-refractivity contribution in [2.45, 2.75) is 58.2 Å². The van der Waals surface area contributed by atoms with E-state index >= 15 is 0 Å². The van der Waals surface area contributed by atoms with Gasteiger partial charge in [0.25, 0.3) is 5.91 Å². The van der Waals surface area contributed by atoms with Crippen molar-refractivity contribution in [3.8, 4) is 5.75 Å². The van der Waals surface area contributed by atoms with E-state index in [0.717, 1.165) is 35.3 Å². The number of ether oxygens (including phenoxy) is 1. The summed E-state index contributed by atoms with van der Waals surface area (Å²) in [4.78, 5) is 13.2. The van der Waals surface area contributed by atoms with Crippen LogP contribution in [0.5, 0.6) is 5.75 Å². The molecule has 6 nitrogen and oxygen atoms in total. The van der Waals surface area contributed by atoms with E-state index in [9.17, 15) is 13.2 Å². The molecule has 7 heteroatoms. The number of anilines is 1. The van der Waals surface area contributed by atoms with Crippen LogP contribution in [0.15, 0.2) is 72.8 Å². The minimum absolute atomic E-state index is 0.170. The fourth-order valence-corrected chi connectivity index (χ4v) is 5.60. The zero-order valence-corrected chi connectivity index (χ0v) is 22.1. The average Bonchev–Trinajstić information content (AvgIpc) is 2.87. The zero-order chi connectivity index (χ0) is 25.9. The molecule has 1 N–H and O–H groups in total. The quantitative estimate of drug-likeness (QED) is 0.421. The summed E-state index contributed by atoms with van der Waals surface area (Å²) in [5.74, 6) is 0.613. The molecule has 0 bridgehead atoms. The van der Waals surface area contributed by atoms with Gasteiger partial charge in [-0.15, -0.1) is 0 Å². The molecule has 0 aromatic heterocycles. The van der Waals surface area contributed by atoms with E-state index in [1.807, 2.05) is 55.5 Å². The third-order valence-electron chi connectivity index (χ3n) is 7.06. The van der Waals surface area contributed by atoms with Crippen LogP contribution in [0.1, 0.15) is 66.2 Å². The number of amides is 1. The Morgan fingerprint density at radius 2 is 1.64 bits per heavy atom. The lowest BCUT2D eigenvalue weighted by Crippen LogP contribution is -2.44. The van der Waals surface area contributed by atoms with Crippen molar-refractivity contribution in [2.75, 3.05) is 10.6 Å². The zero-order valence-electron chi connectivity index (χ0n) is 21.3. The number of fused-ring (bicyclic) bond motifs is 1. The SMILES string of the molecule is CCC1(CC)C[C@@H](NC(=O)c2ccc(N(Cc3ccc(C)cc3)S(C)(=O)=O)cc2)c2ccccc2O1. The number of hydrogen-bond acceptors (Lipinski definition) is 4. The Kier molecular flexibility index (Phi) is 7.41. The second-order valence-electron chi connectivity index (χ2n) is 9.56. The average molecular weight is 507 g/mol. The van der Waals surface area contributed by atoms with Crippen LogP contribution >= 0.6 is 0 Å². The number of aryl methyl sites for hydroxylation is 1. The summed E-state index contributed by atoms with van der Waals surface area (Å²) >= 11 is 0. The normalized spacial score (nSPS) is 16.5. The molecule has 1 aliphatic heterocycles. The second-order valence-corrected chi connectivity index (χ2v) is 11.5. The number of rotatable bonds is 8. The molecule has 0 radical (unpaired) electrons. The molecule has 3 aromatic carbocycles. The molecule has 190 valence electrons. The van der Waals surface area contributed by atoms with Gasteiger partial charge < -0.3 is 10.1 Å². The summed E-state index contributed by atoms with van der Waals surface area (Å²) in [6.45, 7) is 6.43. The van der Waals surface area contributed by atoms with Crippen LogP contribution in [-0.2, 0) is 16.6 Å². The molecule has 0 fully saturated rings. The Balaban J connectivity index is 1.54. The summed E-state index contributed by atoms with van der Waals surface area (Å²) in [7, 11) is -3.52. The lowest BCUT2D eigenvalue weighted by atomic mass is 9.83. The lowest BCUT2D eigenvalue weighted by Gasteiger charge is -2.41. The van der Waals surface area contributed by atoms with Gasteiger partial charge in [-0.2, -0.15) is 0 Å². The monoisotopic (exact) mass is 506 g/mol. The Hall–Kier alpha value is -3.32. The number of para-hydroxylation sites is 1. The van der Waals surface area contributed by atoms with Gasteiger partial charge in [0, 0.05) is 17.5 Å². The van der Waals surface area contributed by atoms with Gasteiger partial charge in [-0.3, -0.25) is 9.10 Å². The number of carbonyl (C=O) groups is 1. The Bertz CT molecular complexity index is 1310. The highest BCUT2D eigenvalue weighted by molar-refractivity contribution is 7.92. The molecular weight excluding hydrogens is 472 g/mol. The summed E-state index contributed by atoms with van der Waals surface area (Å²) in [6.07, 6.45) is 3.58. The van der Waals surface area contributed by atoms with Crippen LogP contribution in [0.2, 0.25) is 0 Å². The minimum Gasteiger partial charge on any atom is -0.487 e. The molecule has 1 amide bonds. The smallest absolute Gasteiger partial charge is 0.251 e. The molecule has 1 aliphatic rings. The number of nitrogens with one attached hydrogen (secondary N) is 1. The number of benzene rings is 3. The van der Waals surface area contributed by atoms with Crippen LogP contribution < -0.4 is 14.4 Å². The summed E-state index contributed by atoms with van der Waals surface area (Å²) < 4.78 is 32.8. The van der Waals surface area contributed by atoms with Gasteiger partial charge in [0.15, 0.2) is 0 Å². The highest BCUT2D eigenvalue weighted by Crippen LogP contribution is 2.42. The molecule has 1 heterocycles. The van der Waals surface area contributed by atoms with Crippen molar-refractivity contribution < 1.29 is 17.9 Å². The van der Waals surface area contributed by atoms with Gasteiger partial charge in [-0.05, 0) is 55.7 Å². The lowest BCUT2D eigenvalue weighted by molar-refractivity contribution is 0.0227. The van der Waals surface area contributed by atoms with Crippen molar-refractivity contribution >= 4 is 21.6 Å². The maximum atomic E-state index is 13.2. The van der Waals surface area contributed by atoms with E-state index in [1.54, 1.807) is 24.3 Å². The first kappa shape index (κ1) is 25.8. The highest BCUT2D eigenvalue weighted by atomic mass is 32.2. The first-order chi connectivity index (χ1) is 17.1. The summed E-state index contributed by atoms with van der Waals surface area (Å²) in [5, 5.41) is 3.19. The maximum Gasteiger partial charge on any atom is 0.251 e. The first-order valence-electron chi connectivity index (χ1n) is 12.4. The van der Waals surface area contributed by atoms with Crippen LogP contribution in [-0.4, -0.2) is 26.2 Å². The molecule has 3 aromatic rings. The fourth-order valence-electron chi connectivity index (χ4n) is 4.71. The van der Waals surface area contributed by atoms with Gasteiger partial charge in [-0.1, -0.05) is 61.9 Å². The van der Waals surface area contributed by atoms with Gasteiger partial charge in [-0.25, -0.2) is 8.42 Å². The summed E-state index contributed by atoms with van der Waals surface area (Å²) in [6, 6.07) is 22.2. The van der Waals surface area contributed by atoms with Crippen LogP contribution in [0, 0.1) is 6.92 Å². The number of hydrogen-bond donors (Lipinski definition) is 1.